The molecule has 2 aromatic heterocycles. The number of nitrogens with one attached hydrogen (secondary N) is 3. The van der Waals surface area contributed by atoms with E-state index in [0.29, 0.717) is 12.5 Å². The van der Waals surface area contributed by atoms with E-state index in [1.807, 2.05) is 6.07 Å². The van der Waals surface area contributed by atoms with Gasteiger partial charge in [-0.1, -0.05) is 0 Å². The van der Waals surface area contributed by atoms with Crippen molar-refractivity contribution >= 4 is 16.9 Å². The summed E-state index contributed by atoms with van der Waals surface area (Å²) in [5, 5.41) is 13.6. The zero-order valence-electron chi connectivity index (χ0n) is 17.4. The summed E-state index contributed by atoms with van der Waals surface area (Å²) in [6.45, 7) is 4.33. The molecule has 0 unspecified atom stereocenters. The van der Waals surface area contributed by atoms with E-state index in [2.05, 4.69) is 49.0 Å². The molecular weight excluding hydrogens is 380 g/mol. The maximum atomic E-state index is 8.75. The van der Waals surface area contributed by atoms with Gasteiger partial charge < -0.3 is 25.1 Å². The molecule has 4 N–H and O–H groups in total. The molecule has 0 saturated carbocycles. The van der Waals surface area contributed by atoms with Gasteiger partial charge in [-0.2, -0.15) is 0 Å². The molecule has 0 spiro atoms. The zero-order valence-corrected chi connectivity index (χ0v) is 17.4. The highest BCUT2D eigenvalue weighted by Gasteiger charge is 2.20. The first-order valence-electron chi connectivity index (χ1n) is 10.5. The maximum absolute atomic E-state index is 8.75. The van der Waals surface area contributed by atoms with Crippen LogP contribution in [0.15, 0.2) is 36.8 Å². The Morgan fingerprint density at radius 2 is 2.03 bits per heavy atom. The van der Waals surface area contributed by atoms with Crippen LogP contribution >= 0.6 is 0 Å². The minimum Gasteiger partial charge on any atom is -0.497 e. The number of benzene rings is 1. The molecule has 3 heterocycles. The zero-order chi connectivity index (χ0) is 20.8. The first-order valence-corrected chi connectivity index (χ1v) is 10.5. The molecule has 3 aromatic rings. The molecule has 1 saturated heterocycles. The van der Waals surface area contributed by atoms with Gasteiger partial charge in [0, 0.05) is 54.7 Å². The van der Waals surface area contributed by atoms with Crippen LogP contribution in [-0.2, 0) is 13.0 Å². The van der Waals surface area contributed by atoms with Crippen LogP contribution in [0.3, 0.4) is 0 Å². The number of fused-ring (bicyclic) bond motifs is 1. The molecule has 0 aliphatic carbocycles. The number of ether oxygens (including phenoxy) is 1. The molecule has 4 rings (SSSR count). The minimum absolute atomic E-state index is 0.361. The normalized spacial score (nSPS) is 15.1. The SMILES string of the molecule is COc1ccc2[nH]cc(CCNCC3CCN(c4ncc(CNO)cn4)CC3)c2c1. The molecule has 30 heavy (non-hydrogen) atoms. The minimum atomic E-state index is 0.361. The third-order valence-electron chi connectivity index (χ3n) is 5.85. The molecule has 0 bridgehead atoms. The lowest BCUT2D eigenvalue weighted by Crippen LogP contribution is -2.38. The third kappa shape index (κ3) is 4.89. The largest absolute Gasteiger partial charge is 0.497 e. The lowest BCUT2D eigenvalue weighted by Gasteiger charge is -2.32. The van der Waals surface area contributed by atoms with Crippen molar-refractivity contribution in [2.45, 2.75) is 25.8 Å². The van der Waals surface area contributed by atoms with E-state index >= 15 is 0 Å². The number of H-pyrrole nitrogens is 1. The number of nitrogens with zero attached hydrogens (tertiary/aromatic N) is 3. The van der Waals surface area contributed by atoms with Crippen LogP contribution in [0.4, 0.5) is 5.95 Å². The summed E-state index contributed by atoms with van der Waals surface area (Å²) in [4.78, 5) is 14.4. The molecule has 1 aliphatic heterocycles. The second kappa shape index (κ2) is 9.88. The summed E-state index contributed by atoms with van der Waals surface area (Å²) in [6, 6.07) is 6.16. The Balaban J connectivity index is 1.20. The molecule has 0 radical (unpaired) electrons. The number of hydrogen-bond acceptors (Lipinski definition) is 7. The Morgan fingerprint density at radius 3 is 2.77 bits per heavy atom. The highest BCUT2D eigenvalue weighted by atomic mass is 16.5. The lowest BCUT2D eigenvalue weighted by atomic mass is 9.97. The van der Waals surface area contributed by atoms with E-state index in [1.165, 1.54) is 10.9 Å². The van der Waals surface area contributed by atoms with Crippen molar-refractivity contribution in [3.05, 3.63) is 47.9 Å². The first kappa shape index (κ1) is 20.6. The second-order valence-electron chi connectivity index (χ2n) is 7.84. The van der Waals surface area contributed by atoms with Crippen molar-refractivity contribution < 1.29 is 9.94 Å². The van der Waals surface area contributed by atoms with Crippen LogP contribution in [0, 0.1) is 5.92 Å². The van der Waals surface area contributed by atoms with Crippen molar-refractivity contribution in [3.63, 3.8) is 0 Å². The Hall–Kier alpha value is -2.68. The Bertz CT molecular complexity index is 934. The van der Waals surface area contributed by atoms with Crippen molar-refractivity contribution in [3.8, 4) is 5.75 Å². The fraction of sp³-hybridized carbons (Fsp3) is 0.455. The van der Waals surface area contributed by atoms with Gasteiger partial charge in [0.1, 0.15) is 5.75 Å². The third-order valence-corrected chi connectivity index (χ3v) is 5.85. The predicted molar refractivity (Wildman–Crippen MR) is 117 cm³/mol. The van der Waals surface area contributed by atoms with Gasteiger partial charge in [0.15, 0.2) is 0 Å². The van der Waals surface area contributed by atoms with E-state index in [0.717, 1.165) is 68.2 Å². The number of anilines is 1. The Kier molecular flexibility index (Phi) is 6.78. The number of aromatic amines is 1. The Labute approximate surface area is 176 Å². The van der Waals surface area contributed by atoms with E-state index < -0.39 is 0 Å². The molecule has 1 fully saturated rings. The van der Waals surface area contributed by atoms with Crippen molar-refractivity contribution in [1.29, 1.82) is 0 Å². The van der Waals surface area contributed by atoms with E-state index in [-0.39, 0.29) is 0 Å². The van der Waals surface area contributed by atoms with Crippen LogP contribution in [0.2, 0.25) is 0 Å². The van der Waals surface area contributed by atoms with Gasteiger partial charge in [-0.25, -0.2) is 15.4 Å². The molecule has 0 amide bonds. The molecule has 160 valence electrons. The van der Waals surface area contributed by atoms with Crippen LogP contribution in [0.1, 0.15) is 24.0 Å². The number of hydroxylamine groups is 1. The van der Waals surface area contributed by atoms with Crippen LogP contribution in [0.25, 0.3) is 10.9 Å². The summed E-state index contributed by atoms with van der Waals surface area (Å²) in [6.07, 6.45) is 8.90. The Morgan fingerprint density at radius 1 is 1.23 bits per heavy atom. The van der Waals surface area contributed by atoms with Gasteiger partial charge in [-0.3, -0.25) is 0 Å². The number of piperidine rings is 1. The van der Waals surface area contributed by atoms with Crippen LogP contribution in [-0.4, -0.2) is 53.4 Å². The van der Waals surface area contributed by atoms with Gasteiger partial charge in [0.2, 0.25) is 5.95 Å². The number of methoxy groups -OCH3 is 1. The van der Waals surface area contributed by atoms with Crippen molar-refractivity contribution in [2.24, 2.45) is 5.92 Å². The average molecular weight is 411 g/mol. The fourth-order valence-electron chi connectivity index (χ4n) is 4.05. The maximum Gasteiger partial charge on any atom is 0.225 e. The number of aromatic nitrogens is 3. The first-order chi connectivity index (χ1) is 14.8. The van der Waals surface area contributed by atoms with Gasteiger partial charge in [0.25, 0.3) is 0 Å². The van der Waals surface area contributed by atoms with E-state index in [1.54, 1.807) is 19.5 Å². The van der Waals surface area contributed by atoms with Crippen molar-refractivity contribution in [2.75, 3.05) is 38.2 Å². The molecule has 8 nitrogen and oxygen atoms in total. The highest BCUT2D eigenvalue weighted by molar-refractivity contribution is 5.84. The smallest absolute Gasteiger partial charge is 0.225 e. The second-order valence-corrected chi connectivity index (χ2v) is 7.84. The predicted octanol–water partition coefficient (Wildman–Crippen LogP) is 2.49. The quantitative estimate of drug-likeness (QED) is 0.318. The summed E-state index contributed by atoms with van der Waals surface area (Å²) in [5.74, 6) is 2.35. The molecule has 1 aliphatic rings. The molecule has 8 heteroatoms. The average Bonchev–Trinajstić information content (AvgIpc) is 3.20. The summed E-state index contributed by atoms with van der Waals surface area (Å²) in [5.41, 5.74) is 5.47. The molecular formula is C22H30N6O2. The molecule has 0 atom stereocenters. The number of hydrogen-bond donors (Lipinski definition) is 4. The van der Waals surface area contributed by atoms with Crippen molar-refractivity contribution in [1.82, 2.24) is 25.7 Å². The summed E-state index contributed by atoms with van der Waals surface area (Å²) < 4.78 is 5.35. The molecule has 1 aromatic carbocycles. The van der Waals surface area contributed by atoms with E-state index in [4.69, 9.17) is 9.94 Å². The summed E-state index contributed by atoms with van der Waals surface area (Å²) >= 11 is 0. The monoisotopic (exact) mass is 410 g/mol. The van der Waals surface area contributed by atoms with Crippen LogP contribution < -0.4 is 20.4 Å². The van der Waals surface area contributed by atoms with Crippen LogP contribution in [0.5, 0.6) is 5.75 Å². The summed E-state index contributed by atoms with van der Waals surface area (Å²) in [7, 11) is 1.70. The lowest BCUT2D eigenvalue weighted by molar-refractivity contribution is 0.161. The standard InChI is InChI=1S/C22H30N6O2/c1-30-19-2-3-21-20(10-19)18(15-24-21)4-7-23-11-16-5-8-28(9-6-16)22-25-12-17(13-26-22)14-27-29/h2-3,10,12-13,15-16,23-24,27,29H,4-9,11,14H2,1H3. The highest BCUT2D eigenvalue weighted by Crippen LogP contribution is 2.24. The van der Waals surface area contributed by atoms with Gasteiger partial charge in [-0.05, 0) is 62.0 Å². The number of rotatable bonds is 9. The van der Waals surface area contributed by atoms with Gasteiger partial charge in [-0.15, -0.1) is 0 Å². The fourth-order valence-corrected chi connectivity index (χ4v) is 4.05. The van der Waals surface area contributed by atoms with Gasteiger partial charge >= 0.3 is 0 Å². The topological polar surface area (TPSA) is 98.3 Å². The van der Waals surface area contributed by atoms with Gasteiger partial charge in [0.05, 0.1) is 7.11 Å². The van der Waals surface area contributed by atoms with E-state index in [9.17, 15) is 0 Å².